The van der Waals surface area contributed by atoms with Gasteiger partial charge in [0.1, 0.15) is 5.52 Å². The maximum Gasteiger partial charge on any atom is 0.251 e. The normalized spacial score (nSPS) is 12.5. The van der Waals surface area contributed by atoms with Crippen LogP contribution in [-0.2, 0) is 6.42 Å². The van der Waals surface area contributed by atoms with Crippen molar-refractivity contribution in [3.8, 4) is 0 Å². The molecule has 1 aromatic heterocycles. The molecule has 4 nitrogen and oxygen atoms in total. The summed E-state index contributed by atoms with van der Waals surface area (Å²) < 4.78 is 5.74. The van der Waals surface area contributed by atoms with E-state index in [0.717, 1.165) is 18.4 Å². The highest BCUT2D eigenvalue weighted by Crippen LogP contribution is 2.22. The number of nitrogens with zero attached hydrogens (tertiary/aromatic N) is 1. The lowest BCUT2D eigenvalue weighted by Gasteiger charge is -2.14. The van der Waals surface area contributed by atoms with Crippen LogP contribution in [0.15, 0.2) is 52.9 Å². The SMILES string of the molecule is CC(C)c1nc2ccc(C(=O)N[C@@H](C)CCc3ccccc3)cc2o1. The summed E-state index contributed by atoms with van der Waals surface area (Å²) in [5.41, 5.74) is 3.34. The van der Waals surface area contributed by atoms with E-state index in [0.29, 0.717) is 17.0 Å². The van der Waals surface area contributed by atoms with Gasteiger partial charge >= 0.3 is 0 Å². The number of carbonyl (C=O) groups is 1. The van der Waals surface area contributed by atoms with E-state index in [1.54, 1.807) is 12.1 Å². The van der Waals surface area contributed by atoms with E-state index in [2.05, 4.69) is 22.4 Å². The average Bonchev–Trinajstić information content (AvgIpc) is 3.04. The third kappa shape index (κ3) is 4.27. The third-order valence-corrected chi connectivity index (χ3v) is 4.25. The second-order valence-electron chi connectivity index (χ2n) is 6.79. The molecule has 4 heteroatoms. The van der Waals surface area contributed by atoms with Gasteiger partial charge in [0.05, 0.1) is 0 Å². The number of hydrogen-bond donors (Lipinski definition) is 1. The number of benzene rings is 2. The van der Waals surface area contributed by atoms with Crippen LogP contribution in [0, 0.1) is 0 Å². The Bertz CT molecular complexity index is 853. The van der Waals surface area contributed by atoms with Crippen molar-refractivity contribution in [3.63, 3.8) is 0 Å². The molecule has 0 radical (unpaired) electrons. The van der Waals surface area contributed by atoms with Gasteiger partial charge in [-0.15, -0.1) is 0 Å². The summed E-state index contributed by atoms with van der Waals surface area (Å²) in [5, 5.41) is 3.06. The third-order valence-electron chi connectivity index (χ3n) is 4.25. The molecule has 0 aliphatic rings. The van der Waals surface area contributed by atoms with Gasteiger partial charge in [-0.25, -0.2) is 4.98 Å². The molecule has 0 saturated heterocycles. The second-order valence-corrected chi connectivity index (χ2v) is 6.79. The minimum atomic E-state index is -0.0787. The lowest BCUT2D eigenvalue weighted by molar-refractivity contribution is 0.0938. The molecule has 3 aromatic rings. The van der Waals surface area contributed by atoms with Crippen molar-refractivity contribution >= 4 is 17.0 Å². The molecule has 0 bridgehead atoms. The molecule has 0 spiro atoms. The van der Waals surface area contributed by atoms with Crippen LogP contribution in [-0.4, -0.2) is 16.9 Å². The number of fused-ring (bicyclic) bond motifs is 1. The van der Waals surface area contributed by atoms with Gasteiger partial charge in [0, 0.05) is 17.5 Å². The van der Waals surface area contributed by atoms with Crippen molar-refractivity contribution in [1.82, 2.24) is 10.3 Å². The molecule has 1 atom stereocenters. The fourth-order valence-corrected chi connectivity index (χ4v) is 2.74. The van der Waals surface area contributed by atoms with Crippen molar-refractivity contribution in [3.05, 3.63) is 65.5 Å². The molecule has 3 rings (SSSR count). The van der Waals surface area contributed by atoms with Gasteiger partial charge in [-0.1, -0.05) is 44.2 Å². The zero-order valence-electron chi connectivity index (χ0n) is 15.0. The monoisotopic (exact) mass is 336 g/mol. The molecule has 1 heterocycles. The van der Waals surface area contributed by atoms with Crippen molar-refractivity contribution in [2.24, 2.45) is 0 Å². The molecule has 0 fully saturated rings. The number of hydrogen-bond acceptors (Lipinski definition) is 3. The van der Waals surface area contributed by atoms with Gasteiger partial charge in [0.2, 0.25) is 0 Å². The predicted molar refractivity (Wildman–Crippen MR) is 99.8 cm³/mol. The van der Waals surface area contributed by atoms with Crippen LogP contribution in [0.4, 0.5) is 0 Å². The highest BCUT2D eigenvalue weighted by Gasteiger charge is 2.14. The zero-order valence-corrected chi connectivity index (χ0v) is 15.0. The maximum atomic E-state index is 12.5. The number of amides is 1. The highest BCUT2D eigenvalue weighted by molar-refractivity contribution is 5.97. The molecular formula is C21H24N2O2. The summed E-state index contributed by atoms with van der Waals surface area (Å²) >= 11 is 0. The topological polar surface area (TPSA) is 55.1 Å². The van der Waals surface area contributed by atoms with E-state index in [1.807, 2.05) is 45.0 Å². The average molecular weight is 336 g/mol. The van der Waals surface area contributed by atoms with Crippen molar-refractivity contribution in [2.75, 3.05) is 0 Å². The number of carbonyl (C=O) groups excluding carboxylic acids is 1. The molecule has 0 saturated carbocycles. The predicted octanol–water partition coefficient (Wildman–Crippen LogP) is 4.70. The lowest BCUT2D eigenvalue weighted by atomic mass is 10.1. The summed E-state index contributed by atoms with van der Waals surface area (Å²) in [7, 11) is 0. The van der Waals surface area contributed by atoms with Crippen molar-refractivity contribution < 1.29 is 9.21 Å². The summed E-state index contributed by atoms with van der Waals surface area (Å²) in [6.45, 7) is 6.10. The minimum absolute atomic E-state index is 0.0787. The number of aryl methyl sites for hydroxylation is 1. The molecule has 130 valence electrons. The first-order valence-corrected chi connectivity index (χ1v) is 8.78. The molecule has 0 aliphatic carbocycles. The first-order valence-electron chi connectivity index (χ1n) is 8.78. The van der Waals surface area contributed by atoms with E-state index in [1.165, 1.54) is 5.56 Å². The van der Waals surface area contributed by atoms with E-state index < -0.39 is 0 Å². The zero-order chi connectivity index (χ0) is 17.8. The number of aromatic nitrogens is 1. The quantitative estimate of drug-likeness (QED) is 0.710. The highest BCUT2D eigenvalue weighted by atomic mass is 16.3. The molecule has 0 aliphatic heterocycles. The minimum Gasteiger partial charge on any atom is -0.440 e. The van der Waals surface area contributed by atoms with E-state index >= 15 is 0 Å². The van der Waals surface area contributed by atoms with Crippen molar-refractivity contribution in [1.29, 1.82) is 0 Å². The molecule has 0 unspecified atom stereocenters. The molecule has 1 N–H and O–H groups in total. The molecular weight excluding hydrogens is 312 g/mol. The Morgan fingerprint density at radius 1 is 1.12 bits per heavy atom. The number of rotatable bonds is 6. The van der Waals surface area contributed by atoms with Crippen molar-refractivity contribution in [2.45, 2.75) is 45.6 Å². The smallest absolute Gasteiger partial charge is 0.251 e. The Labute approximate surface area is 148 Å². The second kappa shape index (κ2) is 7.51. The Balaban J connectivity index is 1.63. The van der Waals surface area contributed by atoms with Crippen LogP contribution >= 0.6 is 0 Å². The largest absolute Gasteiger partial charge is 0.440 e. The number of oxazole rings is 1. The Morgan fingerprint density at radius 3 is 2.60 bits per heavy atom. The van der Waals surface area contributed by atoms with E-state index in [9.17, 15) is 4.79 Å². The first kappa shape index (κ1) is 17.2. The summed E-state index contributed by atoms with van der Waals surface area (Å²) in [6.07, 6.45) is 1.85. The summed E-state index contributed by atoms with van der Waals surface area (Å²) in [6, 6.07) is 15.8. The fourth-order valence-electron chi connectivity index (χ4n) is 2.74. The van der Waals surface area contributed by atoms with Crippen LogP contribution in [0.1, 0.15) is 54.9 Å². The standard InChI is InChI=1S/C21H24N2O2/c1-14(2)21-23-18-12-11-17(13-19(18)25-21)20(24)22-15(3)9-10-16-7-5-4-6-8-16/h4-8,11-15H,9-10H2,1-3H3,(H,22,24)/t15-/m0/s1. The molecule has 2 aromatic carbocycles. The Morgan fingerprint density at radius 2 is 1.88 bits per heavy atom. The van der Waals surface area contributed by atoms with Crippen LogP contribution < -0.4 is 5.32 Å². The Kier molecular flexibility index (Phi) is 5.17. The maximum absolute atomic E-state index is 12.5. The van der Waals surface area contributed by atoms with E-state index in [4.69, 9.17) is 4.42 Å². The summed E-state index contributed by atoms with van der Waals surface area (Å²) in [4.78, 5) is 16.9. The van der Waals surface area contributed by atoms with Gasteiger partial charge in [0.15, 0.2) is 11.5 Å². The van der Waals surface area contributed by atoms with Crippen LogP contribution in [0.3, 0.4) is 0 Å². The Hall–Kier alpha value is -2.62. The first-order chi connectivity index (χ1) is 12.0. The van der Waals surface area contributed by atoms with Crippen LogP contribution in [0.2, 0.25) is 0 Å². The lowest BCUT2D eigenvalue weighted by Crippen LogP contribution is -2.32. The van der Waals surface area contributed by atoms with E-state index in [-0.39, 0.29) is 17.9 Å². The molecule has 1 amide bonds. The van der Waals surface area contributed by atoms with Crippen LogP contribution in [0.25, 0.3) is 11.1 Å². The van der Waals surface area contributed by atoms with Gasteiger partial charge in [0.25, 0.3) is 5.91 Å². The van der Waals surface area contributed by atoms with Gasteiger partial charge in [-0.05, 0) is 43.5 Å². The fraction of sp³-hybridized carbons (Fsp3) is 0.333. The number of nitrogens with one attached hydrogen (secondary N) is 1. The van der Waals surface area contributed by atoms with Gasteiger partial charge in [-0.2, -0.15) is 0 Å². The molecule has 25 heavy (non-hydrogen) atoms. The summed E-state index contributed by atoms with van der Waals surface area (Å²) in [5.74, 6) is 0.844. The van der Waals surface area contributed by atoms with Crippen LogP contribution in [0.5, 0.6) is 0 Å². The van der Waals surface area contributed by atoms with Gasteiger partial charge < -0.3 is 9.73 Å². The van der Waals surface area contributed by atoms with Gasteiger partial charge in [-0.3, -0.25) is 4.79 Å².